The van der Waals surface area contributed by atoms with Gasteiger partial charge in [-0.15, -0.1) is 0 Å². The van der Waals surface area contributed by atoms with E-state index in [-0.39, 0.29) is 11.4 Å². The van der Waals surface area contributed by atoms with Crippen LogP contribution in [0.5, 0.6) is 0 Å². The fourth-order valence-electron chi connectivity index (χ4n) is 5.38. The lowest BCUT2D eigenvalue weighted by atomic mass is 9.82. The molecular weight excluding hydrogens is 358 g/mol. The van der Waals surface area contributed by atoms with Gasteiger partial charge >= 0.3 is 0 Å². The number of nitrogens with zero attached hydrogens (tertiary/aromatic N) is 2. The fraction of sp³-hybridized carbons (Fsp3) is 0.800. The average molecular weight is 398 g/mol. The van der Waals surface area contributed by atoms with Crippen LogP contribution >= 0.6 is 0 Å². The summed E-state index contributed by atoms with van der Waals surface area (Å²) in [5.74, 6) is 1.94. The Bertz CT molecular complexity index is 681. The maximum Gasteiger partial charge on any atom is 0.270 e. The van der Waals surface area contributed by atoms with Gasteiger partial charge in [0.05, 0.1) is 0 Å². The van der Waals surface area contributed by atoms with Crippen LogP contribution in [0.3, 0.4) is 0 Å². The topological polar surface area (TPSA) is 54.9 Å². The van der Waals surface area contributed by atoms with E-state index in [1.807, 2.05) is 6.07 Å². The van der Waals surface area contributed by atoms with Gasteiger partial charge in [-0.3, -0.25) is 4.79 Å². The smallest absolute Gasteiger partial charge is 0.270 e. The first-order chi connectivity index (χ1) is 14.1. The van der Waals surface area contributed by atoms with Crippen LogP contribution in [-0.4, -0.2) is 21.4 Å². The Kier molecular flexibility index (Phi) is 6.87. The quantitative estimate of drug-likeness (QED) is 0.638. The molecule has 1 amide bonds. The SMILES string of the molecule is CC1(NC(=O)c2cc(C3CCC3)nc(C3CCCC3)n2)CCCCCCCCC1. The van der Waals surface area contributed by atoms with E-state index < -0.39 is 0 Å². The number of aromatic nitrogens is 2. The molecule has 1 heterocycles. The summed E-state index contributed by atoms with van der Waals surface area (Å²) >= 11 is 0. The first-order valence-corrected chi connectivity index (χ1v) is 12.3. The van der Waals surface area contributed by atoms with Crippen LogP contribution in [0.25, 0.3) is 0 Å². The van der Waals surface area contributed by atoms with E-state index in [0.29, 0.717) is 17.5 Å². The van der Waals surface area contributed by atoms with Crippen LogP contribution in [0.15, 0.2) is 6.07 Å². The molecule has 0 atom stereocenters. The van der Waals surface area contributed by atoms with Crippen molar-refractivity contribution in [1.29, 1.82) is 0 Å². The molecular formula is C25H39N3O. The lowest BCUT2D eigenvalue weighted by Gasteiger charge is -2.32. The van der Waals surface area contributed by atoms with Crippen molar-refractivity contribution in [2.45, 2.75) is 127 Å². The molecule has 0 unspecified atom stereocenters. The Hall–Kier alpha value is -1.45. The van der Waals surface area contributed by atoms with E-state index >= 15 is 0 Å². The molecule has 3 fully saturated rings. The molecule has 4 nitrogen and oxygen atoms in total. The van der Waals surface area contributed by atoms with Gasteiger partial charge in [0, 0.05) is 23.1 Å². The molecule has 29 heavy (non-hydrogen) atoms. The van der Waals surface area contributed by atoms with Gasteiger partial charge in [-0.05, 0) is 51.5 Å². The van der Waals surface area contributed by atoms with Crippen molar-refractivity contribution in [2.75, 3.05) is 0 Å². The Morgan fingerprint density at radius 3 is 2.00 bits per heavy atom. The Balaban J connectivity index is 1.52. The van der Waals surface area contributed by atoms with Crippen molar-refractivity contribution in [3.8, 4) is 0 Å². The molecule has 0 bridgehead atoms. The molecule has 1 N–H and O–H groups in total. The first-order valence-electron chi connectivity index (χ1n) is 12.3. The minimum absolute atomic E-state index is 0.0202. The van der Waals surface area contributed by atoms with Crippen molar-refractivity contribution >= 4 is 5.91 Å². The maximum absolute atomic E-state index is 13.3. The van der Waals surface area contributed by atoms with Gasteiger partial charge in [-0.1, -0.05) is 64.2 Å². The third kappa shape index (κ3) is 5.38. The van der Waals surface area contributed by atoms with Gasteiger partial charge in [0.2, 0.25) is 0 Å². The number of hydrogen-bond donors (Lipinski definition) is 1. The number of nitrogens with one attached hydrogen (secondary N) is 1. The van der Waals surface area contributed by atoms with Gasteiger partial charge in [0.15, 0.2) is 0 Å². The van der Waals surface area contributed by atoms with Crippen LogP contribution < -0.4 is 5.32 Å². The lowest BCUT2D eigenvalue weighted by Crippen LogP contribution is -2.46. The summed E-state index contributed by atoms with van der Waals surface area (Å²) in [5, 5.41) is 3.42. The zero-order valence-corrected chi connectivity index (χ0v) is 18.3. The zero-order valence-electron chi connectivity index (χ0n) is 18.3. The maximum atomic E-state index is 13.3. The number of hydrogen-bond acceptors (Lipinski definition) is 3. The molecule has 3 aliphatic carbocycles. The molecule has 4 rings (SSSR count). The summed E-state index contributed by atoms with van der Waals surface area (Å²) in [6.07, 6.45) is 19.8. The highest BCUT2D eigenvalue weighted by molar-refractivity contribution is 5.92. The largest absolute Gasteiger partial charge is 0.346 e. The number of carbonyl (C=O) groups excluding carboxylic acids is 1. The van der Waals surface area contributed by atoms with Gasteiger partial charge in [0.1, 0.15) is 11.5 Å². The monoisotopic (exact) mass is 397 g/mol. The standard InChI is InChI=1S/C25H39N3O/c1-25(16-9-5-3-2-4-6-10-17-25)28-24(29)22-18-21(19-14-11-15-19)26-23(27-22)20-12-7-8-13-20/h18-20H,2-17H2,1H3,(H,28,29). The van der Waals surface area contributed by atoms with Crippen LogP contribution in [0.1, 0.15) is 143 Å². The molecule has 3 saturated carbocycles. The molecule has 1 aromatic heterocycles. The van der Waals surface area contributed by atoms with Gasteiger partial charge in [-0.2, -0.15) is 0 Å². The number of amides is 1. The van der Waals surface area contributed by atoms with E-state index in [1.54, 1.807) is 0 Å². The highest BCUT2D eigenvalue weighted by Gasteiger charge is 2.30. The minimum atomic E-state index is -0.108. The second-order valence-electron chi connectivity index (χ2n) is 10.1. The summed E-state index contributed by atoms with van der Waals surface area (Å²) in [6, 6.07) is 2.00. The highest BCUT2D eigenvalue weighted by atomic mass is 16.2. The minimum Gasteiger partial charge on any atom is -0.346 e. The van der Waals surface area contributed by atoms with E-state index in [4.69, 9.17) is 9.97 Å². The van der Waals surface area contributed by atoms with E-state index in [9.17, 15) is 4.79 Å². The number of rotatable bonds is 4. The fourth-order valence-corrected chi connectivity index (χ4v) is 5.38. The predicted molar refractivity (Wildman–Crippen MR) is 117 cm³/mol. The highest BCUT2D eigenvalue weighted by Crippen LogP contribution is 2.38. The normalized spacial score (nSPS) is 24.0. The van der Waals surface area contributed by atoms with E-state index in [0.717, 1.165) is 24.4 Å². The van der Waals surface area contributed by atoms with Crippen molar-refractivity contribution in [1.82, 2.24) is 15.3 Å². The van der Waals surface area contributed by atoms with Gasteiger partial charge in [-0.25, -0.2) is 9.97 Å². The van der Waals surface area contributed by atoms with Crippen LogP contribution in [0, 0.1) is 0 Å². The molecule has 3 aliphatic rings. The lowest BCUT2D eigenvalue weighted by molar-refractivity contribution is 0.0885. The third-order valence-corrected chi connectivity index (χ3v) is 7.61. The number of carbonyl (C=O) groups is 1. The van der Waals surface area contributed by atoms with E-state index in [1.165, 1.54) is 89.9 Å². The molecule has 0 radical (unpaired) electrons. The average Bonchev–Trinajstić information content (AvgIpc) is 3.20. The second kappa shape index (κ2) is 9.57. The molecule has 0 spiro atoms. The van der Waals surface area contributed by atoms with Gasteiger partial charge in [0.25, 0.3) is 5.91 Å². The molecule has 160 valence electrons. The Morgan fingerprint density at radius 2 is 1.41 bits per heavy atom. The van der Waals surface area contributed by atoms with E-state index in [2.05, 4.69) is 12.2 Å². The second-order valence-corrected chi connectivity index (χ2v) is 10.1. The van der Waals surface area contributed by atoms with Crippen molar-refractivity contribution in [2.24, 2.45) is 0 Å². The van der Waals surface area contributed by atoms with Crippen LogP contribution in [0.4, 0.5) is 0 Å². The molecule has 0 aromatic carbocycles. The van der Waals surface area contributed by atoms with Crippen molar-refractivity contribution < 1.29 is 4.79 Å². The molecule has 1 aromatic rings. The summed E-state index contributed by atoms with van der Waals surface area (Å²) < 4.78 is 0. The van der Waals surface area contributed by atoms with Crippen LogP contribution in [0.2, 0.25) is 0 Å². The van der Waals surface area contributed by atoms with Gasteiger partial charge < -0.3 is 5.32 Å². The van der Waals surface area contributed by atoms with Crippen molar-refractivity contribution in [3.05, 3.63) is 23.3 Å². The summed E-state index contributed by atoms with van der Waals surface area (Å²) in [6.45, 7) is 2.25. The molecule has 4 heteroatoms. The third-order valence-electron chi connectivity index (χ3n) is 7.61. The predicted octanol–water partition coefficient (Wildman–Crippen LogP) is 6.41. The zero-order chi connectivity index (χ0) is 20.1. The summed E-state index contributed by atoms with van der Waals surface area (Å²) in [7, 11) is 0. The van der Waals surface area contributed by atoms with Crippen LogP contribution in [-0.2, 0) is 0 Å². The molecule has 0 saturated heterocycles. The summed E-state index contributed by atoms with van der Waals surface area (Å²) in [4.78, 5) is 23.1. The Labute approximate surface area is 176 Å². The summed E-state index contributed by atoms with van der Waals surface area (Å²) in [5.41, 5.74) is 1.63. The first kappa shape index (κ1) is 20.8. The van der Waals surface area contributed by atoms with Crippen molar-refractivity contribution in [3.63, 3.8) is 0 Å². The Morgan fingerprint density at radius 1 is 0.828 bits per heavy atom. The molecule has 0 aliphatic heterocycles.